The van der Waals surface area contributed by atoms with E-state index in [9.17, 15) is 4.79 Å². The Hall–Kier alpha value is -2.59. The highest BCUT2D eigenvalue weighted by Crippen LogP contribution is 2.31. The Morgan fingerprint density at radius 1 is 1.50 bits per heavy atom. The summed E-state index contributed by atoms with van der Waals surface area (Å²) in [6.45, 7) is 2.06. The number of amides is 1. The molecule has 6 nitrogen and oxygen atoms in total. The minimum Gasteiger partial charge on any atom is -0.382 e. The third-order valence-corrected chi connectivity index (χ3v) is 4.88. The number of para-hydroxylation sites is 1. The SMILES string of the molecule is C[C@H]1CCc2ccccc2N1C(=O)CSc1ncc(C#N)c(N)n1. The van der Waals surface area contributed by atoms with E-state index in [-0.39, 0.29) is 29.1 Å². The minimum absolute atomic E-state index is 0.0196. The maximum Gasteiger partial charge on any atom is 0.237 e. The number of anilines is 2. The highest BCUT2D eigenvalue weighted by molar-refractivity contribution is 7.99. The molecule has 0 saturated heterocycles. The number of hydrogen-bond donors (Lipinski definition) is 1. The molecule has 0 spiro atoms. The second kappa shape index (κ2) is 6.89. The maximum absolute atomic E-state index is 12.7. The van der Waals surface area contributed by atoms with Gasteiger partial charge >= 0.3 is 0 Å². The summed E-state index contributed by atoms with van der Waals surface area (Å²) in [6.07, 6.45) is 3.32. The highest BCUT2D eigenvalue weighted by atomic mass is 32.2. The predicted molar refractivity (Wildman–Crippen MR) is 93.6 cm³/mol. The number of hydrogen-bond acceptors (Lipinski definition) is 6. The lowest BCUT2D eigenvalue weighted by atomic mass is 9.97. The number of nitrogen functional groups attached to an aromatic ring is 1. The van der Waals surface area contributed by atoms with Crippen molar-refractivity contribution in [2.24, 2.45) is 0 Å². The summed E-state index contributed by atoms with van der Waals surface area (Å²) in [7, 11) is 0. The van der Waals surface area contributed by atoms with Crippen LogP contribution in [0.5, 0.6) is 0 Å². The molecule has 0 aliphatic carbocycles. The predicted octanol–water partition coefficient (Wildman–Crippen LogP) is 2.39. The van der Waals surface area contributed by atoms with Crippen molar-refractivity contribution < 1.29 is 4.79 Å². The summed E-state index contributed by atoms with van der Waals surface area (Å²) in [6, 6.07) is 10.1. The number of fused-ring (bicyclic) bond motifs is 1. The number of benzene rings is 1. The zero-order valence-corrected chi connectivity index (χ0v) is 14.1. The van der Waals surface area contributed by atoms with Crippen LogP contribution in [0.2, 0.25) is 0 Å². The summed E-state index contributed by atoms with van der Waals surface area (Å²) >= 11 is 1.23. The van der Waals surface area contributed by atoms with Crippen LogP contribution in [0, 0.1) is 11.3 Å². The molecule has 1 aliphatic heterocycles. The normalized spacial score (nSPS) is 16.3. The molecular formula is C17H17N5OS. The Bertz CT molecular complexity index is 817. The summed E-state index contributed by atoms with van der Waals surface area (Å²) < 4.78 is 0. The van der Waals surface area contributed by atoms with E-state index in [1.807, 2.05) is 29.2 Å². The fraction of sp³-hybridized carbons (Fsp3) is 0.294. The molecule has 1 aliphatic rings. The zero-order chi connectivity index (χ0) is 17.1. The van der Waals surface area contributed by atoms with Gasteiger partial charge in [0.1, 0.15) is 17.5 Å². The zero-order valence-electron chi connectivity index (χ0n) is 13.3. The Morgan fingerprint density at radius 3 is 3.04 bits per heavy atom. The van der Waals surface area contributed by atoms with Gasteiger partial charge in [-0.15, -0.1) is 0 Å². The van der Waals surface area contributed by atoms with Crippen molar-refractivity contribution in [1.29, 1.82) is 5.26 Å². The third-order valence-electron chi connectivity index (χ3n) is 4.03. The van der Waals surface area contributed by atoms with Crippen LogP contribution >= 0.6 is 11.8 Å². The molecule has 2 aromatic rings. The largest absolute Gasteiger partial charge is 0.382 e. The molecule has 1 amide bonds. The molecule has 2 heterocycles. The Balaban J connectivity index is 1.73. The van der Waals surface area contributed by atoms with Crippen molar-refractivity contribution in [1.82, 2.24) is 9.97 Å². The number of rotatable bonds is 3. The second-order valence-corrected chi connectivity index (χ2v) is 6.57. The van der Waals surface area contributed by atoms with Crippen LogP contribution in [-0.4, -0.2) is 27.7 Å². The van der Waals surface area contributed by atoms with Gasteiger partial charge in [0, 0.05) is 11.7 Å². The van der Waals surface area contributed by atoms with Crippen LogP contribution in [0.25, 0.3) is 0 Å². The first-order chi connectivity index (χ1) is 11.6. The summed E-state index contributed by atoms with van der Waals surface area (Å²) in [4.78, 5) is 22.7. The van der Waals surface area contributed by atoms with Crippen LogP contribution in [0.1, 0.15) is 24.5 Å². The van der Waals surface area contributed by atoms with Gasteiger partial charge in [-0.05, 0) is 31.4 Å². The number of thioether (sulfide) groups is 1. The van der Waals surface area contributed by atoms with E-state index in [1.165, 1.54) is 23.5 Å². The van der Waals surface area contributed by atoms with E-state index in [2.05, 4.69) is 23.0 Å². The molecule has 2 N–H and O–H groups in total. The van der Waals surface area contributed by atoms with Crippen LogP contribution in [0.15, 0.2) is 35.6 Å². The summed E-state index contributed by atoms with van der Waals surface area (Å²) in [5.41, 5.74) is 8.11. The molecule has 122 valence electrons. The number of nitrogens with zero attached hydrogens (tertiary/aromatic N) is 4. The molecule has 0 bridgehead atoms. The number of carbonyl (C=O) groups excluding carboxylic acids is 1. The lowest BCUT2D eigenvalue weighted by Gasteiger charge is -2.35. The first-order valence-corrected chi connectivity index (χ1v) is 8.64. The van der Waals surface area contributed by atoms with Crippen molar-refractivity contribution in [3.8, 4) is 6.07 Å². The molecule has 1 aromatic heterocycles. The average molecular weight is 339 g/mol. The summed E-state index contributed by atoms with van der Waals surface area (Å²) in [5.74, 6) is 0.384. The summed E-state index contributed by atoms with van der Waals surface area (Å²) in [5, 5.41) is 9.24. The number of aryl methyl sites for hydroxylation is 1. The Labute approximate surface area is 144 Å². The van der Waals surface area contributed by atoms with E-state index < -0.39 is 0 Å². The van der Waals surface area contributed by atoms with Crippen molar-refractivity contribution in [2.45, 2.75) is 31.0 Å². The van der Waals surface area contributed by atoms with Gasteiger partial charge in [-0.3, -0.25) is 4.79 Å². The van der Waals surface area contributed by atoms with Gasteiger partial charge in [0.25, 0.3) is 0 Å². The highest BCUT2D eigenvalue weighted by Gasteiger charge is 2.27. The molecule has 1 atom stereocenters. The van der Waals surface area contributed by atoms with E-state index in [1.54, 1.807) is 0 Å². The molecule has 0 saturated carbocycles. The molecule has 0 unspecified atom stereocenters. The number of aromatic nitrogens is 2. The molecule has 0 fully saturated rings. The average Bonchev–Trinajstić information content (AvgIpc) is 2.59. The second-order valence-electron chi connectivity index (χ2n) is 5.63. The van der Waals surface area contributed by atoms with Gasteiger partial charge in [0.15, 0.2) is 5.16 Å². The van der Waals surface area contributed by atoms with Gasteiger partial charge in [0.2, 0.25) is 5.91 Å². The van der Waals surface area contributed by atoms with Gasteiger partial charge in [-0.2, -0.15) is 5.26 Å². The van der Waals surface area contributed by atoms with Crippen molar-refractivity contribution in [3.63, 3.8) is 0 Å². The smallest absolute Gasteiger partial charge is 0.237 e. The van der Waals surface area contributed by atoms with Gasteiger partial charge < -0.3 is 10.6 Å². The van der Waals surface area contributed by atoms with Crippen molar-refractivity contribution in [2.75, 3.05) is 16.4 Å². The van der Waals surface area contributed by atoms with Crippen LogP contribution in [-0.2, 0) is 11.2 Å². The lowest BCUT2D eigenvalue weighted by Crippen LogP contribution is -2.43. The Morgan fingerprint density at radius 2 is 2.29 bits per heavy atom. The van der Waals surface area contributed by atoms with Gasteiger partial charge in [-0.1, -0.05) is 30.0 Å². The van der Waals surface area contributed by atoms with Gasteiger partial charge in [-0.25, -0.2) is 9.97 Å². The van der Waals surface area contributed by atoms with E-state index in [4.69, 9.17) is 11.0 Å². The Kier molecular flexibility index (Phi) is 4.67. The van der Waals surface area contributed by atoms with Crippen LogP contribution < -0.4 is 10.6 Å². The molecule has 1 aromatic carbocycles. The fourth-order valence-electron chi connectivity index (χ4n) is 2.80. The molecule has 24 heavy (non-hydrogen) atoms. The molecular weight excluding hydrogens is 322 g/mol. The standard InChI is InChI=1S/C17H17N5OS/c1-11-6-7-12-4-2-3-5-14(12)22(11)15(23)10-24-17-20-9-13(8-18)16(19)21-17/h2-5,9,11H,6-7,10H2,1H3,(H2,19,20,21)/t11-/m0/s1. The first-order valence-electron chi connectivity index (χ1n) is 7.65. The lowest BCUT2D eigenvalue weighted by molar-refractivity contribution is -0.116. The first kappa shape index (κ1) is 16.3. The fourth-order valence-corrected chi connectivity index (χ4v) is 3.48. The minimum atomic E-state index is 0.0196. The van der Waals surface area contributed by atoms with E-state index in [0.29, 0.717) is 5.16 Å². The maximum atomic E-state index is 12.7. The topological polar surface area (TPSA) is 95.9 Å². The molecule has 3 rings (SSSR count). The van der Waals surface area contributed by atoms with Crippen LogP contribution in [0.4, 0.5) is 11.5 Å². The number of nitriles is 1. The number of carbonyl (C=O) groups is 1. The van der Waals surface area contributed by atoms with Crippen LogP contribution in [0.3, 0.4) is 0 Å². The molecule has 7 heteroatoms. The van der Waals surface area contributed by atoms with E-state index >= 15 is 0 Å². The third kappa shape index (κ3) is 3.19. The molecule has 0 radical (unpaired) electrons. The quantitative estimate of drug-likeness (QED) is 0.681. The monoisotopic (exact) mass is 339 g/mol. The van der Waals surface area contributed by atoms with Gasteiger partial charge in [0.05, 0.1) is 11.9 Å². The van der Waals surface area contributed by atoms with Crippen molar-refractivity contribution >= 4 is 29.2 Å². The van der Waals surface area contributed by atoms with E-state index in [0.717, 1.165) is 18.5 Å². The van der Waals surface area contributed by atoms with Crippen molar-refractivity contribution in [3.05, 3.63) is 41.6 Å². The number of nitrogens with two attached hydrogens (primary N) is 1.